The molecule has 0 rings (SSSR count). The Balaban J connectivity index is 3.86. The van der Waals surface area contributed by atoms with Gasteiger partial charge in [0.1, 0.15) is 5.76 Å². The number of carbonyl (C=O) groups is 1. The second-order valence-corrected chi connectivity index (χ2v) is 2.55. The van der Waals surface area contributed by atoms with Crippen LogP contribution in [0, 0.1) is 0 Å². The number of allylic oxidation sites excluding steroid dienone is 2. The molecule has 0 bridgehead atoms. The molecular formula is C10H16O2. The summed E-state index contributed by atoms with van der Waals surface area (Å²) >= 11 is 0. The van der Waals surface area contributed by atoms with Gasteiger partial charge in [0.25, 0.3) is 0 Å². The average molecular weight is 168 g/mol. The summed E-state index contributed by atoms with van der Waals surface area (Å²) in [7, 11) is 0. The lowest BCUT2D eigenvalue weighted by molar-refractivity contribution is -0.136. The Morgan fingerprint density at radius 2 is 2.25 bits per heavy atom. The van der Waals surface area contributed by atoms with Crippen molar-refractivity contribution in [1.29, 1.82) is 0 Å². The van der Waals surface area contributed by atoms with Crippen molar-refractivity contribution in [2.45, 2.75) is 33.1 Å². The molecule has 0 saturated carbocycles. The highest BCUT2D eigenvalue weighted by Gasteiger charge is 1.95. The van der Waals surface area contributed by atoms with Gasteiger partial charge >= 0.3 is 5.97 Å². The van der Waals surface area contributed by atoms with Crippen LogP contribution < -0.4 is 0 Å². The normalized spacial score (nSPS) is 11.0. The molecule has 0 heterocycles. The van der Waals surface area contributed by atoms with Crippen LogP contribution in [0.3, 0.4) is 0 Å². The van der Waals surface area contributed by atoms with Crippen molar-refractivity contribution in [2.75, 3.05) is 0 Å². The van der Waals surface area contributed by atoms with Gasteiger partial charge in [-0.3, -0.25) is 4.79 Å². The summed E-state index contributed by atoms with van der Waals surface area (Å²) in [5.41, 5.74) is 0. The smallest absolute Gasteiger partial charge is 0.308 e. The summed E-state index contributed by atoms with van der Waals surface area (Å²) in [6.07, 6.45) is 6.62. The zero-order valence-electron chi connectivity index (χ0n) is 7.80. The van der Waals surface area contributed by atoms with Gasteiger partial charge < -0.3 is 4.74 Å². The fourth-order valence-corrected chi connectivity index (χ4v) is 0.781. The van der Waals surface area contributed by atoms with E-state index >= 15 is 0 Å². The summed E-state index contributed by atoms with van der Waals surface area (Å²) in [6.45, 7) is 7.05. The molecule has 0 aromatic rings. The van der Waals surface area contributed by atoms with Crippen molar-refractivity contribution >= 4 is 5.97 Å². The van der Waals surface area contributed by atoms with E-state index < -0.39 is 0 Å². The van der Waals surface area contributed by atoms with Gasteiger partial charge in [-0.1, -0.05) is 19.9 Å². The SMILES string of the molecule is C=CC(=CCCCC)OC(C)=O. The van der Waals surface area contributed by atoms with Crippen LogP contribution in [0.25, 0.3) is 0 Å². The van der Waals surface area contributed by atoms with E-state index in [1.807, 2.05) is 6.08 Å². The van der Waals surface area contributed by atoms with Crippen molar-refractivity contribution in [1.82, 2.24) is 0 Å². The zero-order valence-corrected chi connectivity index (χ0v) is 7.80. The minimum atomic E-state index is -0.294. The standard InChI is InChI=1S/C10H16O2/c1-4-6-7-8-10(5-2)12-9(3)11/h5,8H,2,4,6-7H2,1,3H3. The number of hydrogen-bond acceptors (Lipinski definition) is 2. The van der Waals surface area contributed by atoms with Crippen LogP contribution in [0.4, 0.5) is 0 Å². The van der Waals surface area contributed by atoms with E-state index in [0.717, 1.165) is 19.3 Å². The molecule has 0 atom stereocenters. The number of ether oxygens (including phenoxy) is 1. The summed E-state index contributed by atoms with van der Waals surface area (Å²) in [5.74, 6) is 0.272. The number of rotatable bonds is 5. The molecule has 0 aromatic heterocycles. The maximum Gasteiger partial charge on any atom is 0.308 e. The van der Waals surface area contributed by atoms with E-state index in [1.54, 1.807) is 6.08 Å². The summed E-state index contributed by atoms with van der Waals surface area (Å²) < 4.78 is 4.85. The largest absolute Gasteiger partial charge is 0.427 e. The van der Waals surface area contributed by atoms with Crippen molar-refractivity contribution in [2.24, 2.45) is 0 Å². The van der Waals surface area contributed by atoms with Crippen molar-refractivity contribution < 1.29 is 9.53 Å². The molecule has 68 valence electrons. The third-order valence-corrected chi connectivity index (χ3v) is 1.37. The number of hydrogen-bond donors (Lipinski definition) is 0. The van der Waals surface area contributed by atoms with Crippen LogP contribution in [-0.2, 0) is 9.53 Å². The van der Waals surface area contributed by atoms with Gasteiger partial charge in [-0.15, -0.1) is 0 Å². The van der Waals surface area contributed by atoms with E-state index in [-0.39, 0.29) is 5.97 Å². The fourth-order valence-electron chi connectivity index (χ4n) is 0.781. The van der Waals surface area contributed by atoms with E-state index in [4.69, 9.17) is 4.74 Å². The molecule has 0 aliphatic carbocycles. The Morgan fingerprint density at radius 3 is 2.67 bits per heavy atom. The Hall–Kier alpha value is -1.05. The summed E-state index contributed by atoms with van der Waals surface area (Å²) in [5, 5.41) is 0. The highest BCUT2D eigenvalue weighted by Crippen LogP contribution is 2.04. The summed E-state index contributed by atoms with van der Waals surface area (Å²) in [6, 6.07) is 0. The summed E-state index contributed by atoms with van der Waals surface area (Å²) in [4.78, 5) is 10.5. The Morgan fingerprint density at radius 1 is 1.58 bits per heavy atom. The molecule has 0 N–H and O–H groups in total. The number of unbranched alkanes of at least 4 members (excludes halogenated alkanes) is 2. The van der Waals surface area contributed by atoms with Crippen LogP contribution in [0.15, 0.2) is 24.5 Å². The van der Waals surface area contributed by atoms with Gasteiger partial charge in [-0.2, -0.15) is 0 Å². The Bertz CT molecular complexity index is 180. The molecule has 0 aliphatic heterocycles. The third kappa shape index (κ3) is 5.71. The maximum absolute atomic E-state index is 10.5. The Labute approximate surface area is 73.9 Å². The average Bonchev–Trinajstić information content (AvgIpc) is 2.02. The molecule has 0 saturated heterocycles. The highest BCUT2D eigenvalue weighted by atomic mass is 16.5. The first-order valence-electron chi connectivity index (χ1n) is 4.21. The zero-order chi connectivity index (χ0) is 9.40. The van der Waals surface area contributed by atoms with E-state index in [9.17, 15) is 4.79 Å². The monoisotopic (exact) mass is 168 g/mol. The van der Waals surface area contributed by atoms with Gasteiger partial charge in [0.2, 0.25) is 0 Å². The van der Waals surface area contributed by atoms with Gasteiger partial charge in [0, 0.05) is 6.92 Å². The van der Waals surface area contributed by atoms with Crippen molar-refractivity contribution in [3.63, 3.8) is 0 Å². The van der Waals surface area contributed by atoms with Gasteiger partial charge in [0.05, 0.1) is 0 Å². The molecule has 12 heavy (non-hydrogen) atoms. The molecule has 2 nitrogen and oxygen atoms in total. The quantitative estimate of drug-likeness (QED) is 0.273. The maximum atomic E-state index is 10.5. The van der Waals surface area contributed by atoms with E-state index in [1.165, 1.54) is 6.92 Å². The van der Waals surface area contributed by atoms with Gasteiger partial charge in [-0.25, -0.2) is 0 Å². The first kappa shape index (κ1) is 11.0. The van der Waals surface area contributed by atoms with E-state index in [2.05, 4.69) is 13.5 Å². The third-order valence-electron chi connectivity index (χ3n) is 1.37. The van der Waals surface area contributed by atoms with Crippen molar-refractivity contribution in [3.05, 3.63) is 24.5 Å². The lowest BCUT2D eigenvalue weighted by Gasteiger charge is -2.00. The molecule has 0 radical (unpaired) electrons. The molecular weight excluding hydrogens is 152 g/mol. The minimum Gasteiger partial charge on any atom is -0.427 e. The lowest BCUT2D eigenvalue weighted by atomic mass is 10.2. The topological polar surface area (TPSA) is 26.3 Å². The molecule has 0 unspecified atom stereocenters. The van der Waals surface area contributed by atoms with Crippen LogP contribution in [0.5, 0.6) is 0 Å². The second kappa shape index (κ2) is 6.65. The van der Waals surface area contributed by atoms with E-state index in [0.29, 0.717) is 5.76 Å². The van der Waals surface area contributed by atoms with Crippen LogP contribution >= 0.6 is 0 Å². The fraction of sp³-hybridized carbons (Fsp3) is 0.500. The number of esters is 1. The molecule has 0 spiro atoms. The van der Waals surface area contributed by atoms with Gasteiger partial charge in [0.15, 0.2) is 0 Å². The first-order chi connectivity index (χ1) is 5.70. The lowest BCUT2D eigenvalue weighted by Crippen LogP contribution is -1.96. The predicted molar refractivity (Wildman–Crippen MR) is 49.6 cm³/mol. The second-order valence-electron chi connectivity index (χ2n) is 2.55. The predicted octanol–water partition coefficient (Wildman–Crippen LogP) is 2.81. The first-order valence-corrected chi connectivity index (χ1v) is 4.21. The highest BCUT2D eigenvalue weighted by molar-refractivity contribution is 5.67. The van der Waals surface area contributed by atoms with Crippen LogP contribution in [0.2, 0.25) is 0 Å². The van der Waals surface area contributed by atoms with Crippen molar-refractivity contribution in [3.8, 4) is 0 Å². The molecule has 0 fully saturated rings. The Kier molecular flexibility index (Phi) is 6.07. The van der Waals surface area contributed by atoms with Gasteiger partial charge in [-0.05, 0) is 25.0 Å². The minimum absolute atomic E-state index is 0.294. The molecule has 0 aromatic carbocycles. The number of carbonyl (C=O) groups excluding carboxylic acids is 1. The van der Waals surface area contributed by atoms with Crippen LogP contribution in [-0.4, -0.2) is 5.97 Å². The molecule has 0 amide bonds. The molecule has 0 aliphatic rings. The van der Waals surface area contributed by atoms with Crippen LogP contribution in [0.1, 0.15) is 33.1 Å². The molecule has 2 heteroatoms.